The normalized spacial score (nSPS) is 12.4. The van der Waals surface area contributed by atoms with Crippen LogP contribution in [0.15, 0.2) is 41.8 Å². The number of para-hydroxylation sites is 1. The van der Waals surface area contributed by atoms with Gasteiger partial charge in [0.2, 0.25) is 5.91 Å². The van der Waals surface area contributed by atoms with Gasteiger partial charge in [0.1, 0.15) is 0 Å². The van der Waals surface area contributed by atoms with Crippen molar-refractivity contribution in [3.63, 3.8) is 0 Å². The Bertz CT molecular complexity index is 718. The molecule has 102 valence electrons. The summed E-state index contributed by atoms with van der Waals surface area (Å²) in [5, 5.41) is 13.2. The highest BCUT2D eigenvalue weighted by Gasteiger charge is 2.13. The van der Waals surface area contributed by atoms with Gasteiger partial charge >= 0.3 is 0 Å². The minimum absolute atomic E-state index is 0.000281. The number of rotatable bonds is 4. The number of carbonyl (C=O) groups excluding carboxylic acids is 1. The maximum Gasteiger partial charge on any atom is 0.226 e. The second-order valence-electron chi connectivity index (χ2n) is 4.70. The lowest BCUT2D eigenvalue weighted by Gasteiger charge is -2.11. The molecule has 0 bridgehead atoms. The van der Waals surface area contributed by atoms with Crippen LogP contribution in [0.4, 0.5) is 0 Å². The molecule has 1 amide bonds. The van der Waals surface area contributed by atoms with Gasteiger partial charge in [0.25, 0.3) is 0 Å². The molecule has 0 aliphatic carbocycles. The molecule has 0 fully saturated rings. The van der Waals surface area contributed by atoms with Gasteiger partial charge in [-0.3, -0.25) is 9.89 Å². The number of hydrogen-bond donors (Lipinski definition) is 2. The Morgan fingerprint density at radius 1 is 1.35 bits per heavy atom. The molecule has 4 nitrogen and oxygen atoms in total. The summed E-state index contributed by atoms with van der Waals surface area (Å²) in [5.41, 5.74) is 1.75. The van der Waals surface area contributed by atoms with E-state index in [2.05, 4.69) is 15.5 Å². The van der Waals surface area contributed by atoms with Crippen molar-refractivity contribution in [3.05, 3.63) is 52.3 Å². The van der Waals surface area contributed by atoms with Crippen molar-refractivity contribution in [2.45, 2.75) is 19.4 Å². The summed E-state index contributed by atoms with van der Waals surface area (Å²) in [6.07, 6.45) is 0.316. The fraction of sp³-hybridized carbons (Fsp3) is 0.200. The molecule has 0 aliphatic heterocycles. The number of hydrogen-bond acceptors (Lipinski definition) is 3. The van der Waals surface area contributed by atoms with Crippen LogP contribution in [0.3, 0.4) is 0 Å². The van der Waals surface area contributed by atoms with Crippen molar-refractivity contribution in [1.29, 1.82) is 0 Å². The Balaban J connectivity index is 1.70. The summed E-state index contributed by atoms with van der Waals surface area (Å²) in [5.74, 6) is 0.000281. The summed E-state index contributed by atoms with van der Waals surface area (Å²) >= 11 is 1.65. The first-order chi connectivity index (χ1) is 9.74. The van der Waals surface area contributed by atoms with Crippen LogP contribution in [0.25, 0.3) is 10.9 Å². The molecule has 2 aromatic heterocycles. The number of carbonyl (C=O) groups is 1. The van der Waals surface area contributed by atoms with Crippen molar-refractivity contribution in [2.75, 3.05) is 0 Å². The minimum atomic E-state index is 0.000281. The predicted molar refractivity (Wildman–Crippen MR) is 80.7 cm³/mol. The minimum Gasteiger partial charge on any atom is -0.348 e. The number of benzene rings is 1. The van der Waals surface area contributed by atoms with Crippen LogP contribution in [0.5, 0.6) is 0 Å². The standard InChI is InChI=1S/C15H15N3OS/c1-10(14-7-4-8-20-14)16-15(19)9-13-11-5-2-3-6-12(11)17-18-13/h2-8,10H,9H2,1H3,(H,16,19)(H,17,18). The molecule has 0 aliphatic rings. The predicted octanol–water partition coefficient (Wildman–Crippen LogP) is 3.04. The Kier molecular flexibility index (Phi) is 3.52. The lowest BCUT2D eigenvalue weighted by atomic mass is 10.1. The van der Waals surface area contributed by atoms with Crippen molar-refractivity contribution in [2.24, 2.45) is 0 Å². The second kappa shape index (κ2) is 5.46. The van der Waals surface area contributed by atoms with Crippen LogP contribution in [0.1, 0.15) is 23.5 Å². The number of thiophene rings is 1. The van der Waals surface area contributed by atoms with Gasteiger partial charge < -0.3 is 5.32 Å². The van der Waals surface area contributed by atoms with Crippen LogP contribution in [-0.4, -0.2) is 16.1 Å². The topological polar surface area (TPSA) is 57.8 Å². The van der Waals surface area contributed by atoms with Crippen LogP contribution in [-0.2, 0) is 11.2 Å². The van der Waals surface area contributed by atoms with Crippen LogP contribution in [0.2, 0.25) is 0 Å². The van der Waals surface area contributed by atoms with E-state index in [9.17, 15) is 4.79 Å². The molecule has 0 radical (unpaired) electrons. The number of H-pyrrole nitrogens is 1. The van der Waals surface area contributed by atoms with Gasteiger partial charge in [-0.25, -0.2) is 0 Å². The summed E-state index contributed by atoms with van der Waals surface area (Å²) < 4.78 is 0. The average molecular weight is 285 g/mol. The summed E-state index contributed by atoms with van der Waals surface area (Å²) in [6.45, 7) is 1.99. The average Bonchev–Trinajstić information content (AvgIpc) is 3.09. The second-order valence-corrected chi connectivity index (χ2v) is 5.68. The number of aromatic nitrogens is 2. The van der Waals surface area contributed by atoms with Crippen molar-refractivity contribution >= 4 is 28.1 Å². The molecule has 1 unspecified atom stereocenters. The van der Waals surface area contributed by atoms with Gasteiger partial charge in [-0.15, -0.1) is 11.3 Å². The van der Waals surface area contributed by atoms with E-state index in [4.69, 9.17) is 0 Å². The zero-order valence-electron chi connectivity index (χ0n) is 11.1. The highest BCUT2D eigenvalue weighted by atomic mass is 32.1. The van der Waals surface area contributed by atoms with Gasteiger partial charge in [-0.05, 0) is 24.4 Å². The molecule has 5 heteroatoms. The Morgan fingerprint density at radius 3 is 3.00 bits per heavy atom. The van der Waals surface area contributed by atoms with Gasteiger partial charge in [0.05, 0.1) is 23.7 Å². The third-order valence-electron chi connectivity index (χ3n) is 3.23. The first kappa shape index (κ1) is 12.9. The molecule has 3 rings (SSSR count). The van der Waals surface area contributed by atoms with E-state index in [0.29, 0.717) is 6.42 Å². The van der Waals surface area contributed by atoms with Gasteiger partial charge in [0.15, 0.2) is 0 Å². The zero-order chi connectivity index (χ0) is 13.9. The van der Waals surface area contributed by atoms with Crippen molar-refractivity contribution in [3.8, 4) is 0 Å². The van der Waals surface area contributed by atoms with E-state index in [1.54, 1.807) is 11.3 Å². The molecule has 3 aromatic rings. The lowest BCUT2D eigenvalue weighted by molar-refractivity contribution is -0.121. The first-order valence-electron chi connectivity index (χ1n) is 6.49. The van der Waals surface area contributed by atoms with E-state index in [-0.39, 0.29) is 11.9 Å². The smallest absolute Gasteiger partial charge is 0.226 e. The van der Waals surface area contributed by atoms with E-state index < -0.39 is 0 Å². The monoisotopic (exact) mass is 285 g/mol. The molecule has 0 spiro atoms. The maximum absolute atomic E-state index is 12.1. The number of fused-ring (bicyclic) bond motifs is 1. The zero-order valence-corrected chi connectivity index (χ0v) is 11.9. The number of nitrogens with one attached hydrogen (secondary N) is 2. The molecule has 1 aromatic carbocycles. The number of nitrogens with zero attached hydrogens (tertiary/aromatic N) is 1. The summed E-state index contributed by atoms with van der Waals surface area (Å²) in [6, 6.07) is 11.9. The van der Waals surface area contributed by atoms with Crippen LogP contribution >= 0.6 is 11.3 Å². The summed E-state index contributed by atoms with van der Waals surface area (Å²) in [4.78, 5) is 13.3. The fourth-order valence-electron chi connectivity index (χ4n) is 2.21. The molecule has 2 heterocycles. The first-order valence-corrected chi connectivity index (χ1v) is 7.37. The Morgan fingerprint density at radius 2 is 2.20 bits per heavy atom. The molecule has 1 atom stereocenters. The lowest BCUT2D eigenvalue weighted by Crippen LogP contribution is -2.27. The van der Waals surface area contributed by atoms with E-state index >= 15 is 0 Å². The third-order valence-corrected chi connectivity index (χ3v) is 4.28. The fourth-order valence-corrected chi connectivity index (χ4v) is 2.95. The molecular formula is C15H15N3OS. The van der Waals surface area contributed by atoms with Gasteiger partial charge in [-0.1, -0.05) is 24.3 Å². The van der Waals surface area contributed by atoms with Gasteiger partial charge in [0, 0.05) is 10.3 Å². The van der Waals surface area contributed by atoms with E-state index in [0.717, 1.165) is 21.5 Å². The highest BCUT2D eigenvalue weighted by molar-refractivity contribution is 7.10. The molecule has 2 N–H and O–H groups in total. The quantitative estimate of drug-likeness (QED) is 0.774. The molecule has 20 heavy (non-hydrogen) atoms. The Labute approximate surface area is 120 Å². The van der Waals surface area contributed by atoms with Crippen molar-refractivity contribution < 1.29 is 4.79 Å². The van der Waals surface area contributed by atoms with Crippen molar-refractivity contribution in [1.82, 2.24) is 15.5 Å². The number of amides is 1. The largest absolute Gasteiger partial charge is 0.348 e. The molecular weight excluding hydrogens is 270 g/mol. The SMILES string of the molecule is CC(NC(=O)Cc1[nH]nc2ccccc12)c1cccs1. The Hall–Kier alpha value is -2.14. The van der Waals surface area contributed by atoms with Crippen LogP contribution < -0.4 is 5.32 Å². The van der Waals surface area contributed by atoms with E-state index in [1.165, 1.54) is 0 Å². The summed E-state index contributed by atoms with van der Waals surface area (Å²) in [7, 11) is 0. The van der Waals surface area contributed by atoms with E-state index in [1.807, 2.05) is 48.7 Å². The maximum atomic E-state index is 12.1. The van der Waals surface area contributed by atoms with Gasteiger partial charge in [-0.2, -0.15) is 5.10 Å². The van der Waals surface area contributed by atoms with Crippen LogP contribution in [0, 0.1) is 0 Å². The molecule has 0 saturated heterocycles. The third kappa shape index (κ3) is 2.58. The number of aromatic amines is 1. The molecule has 0 saturated carbocycles. The highest BCUT2D eigenvalue weighted by Crippen LogP contribution is 2.19.